The van der Waals surface area contributed by atoms with Crippen LogP contribution in [0.4, 0.5) is 0 Å². The Hall–Kier alpha value is -1.35. The zero-order chi connectivity index (χ0) is 12.6. The highest BCUT2D eigenvalue weighted by molar-refractivity contribution is 6.27. The van der Waals surface area contributed by atoms with E-state index in [4.69, 9.17) is 11.6 Å². The minimum Gasteiger partial charge on any atom is -0.345 e. The maximum Gasteiger partial charge on any atom is 0.235 e. The Morgan fingerprint density at radius 2 is 2.06 bits per heavy atom. The van der Waals surface area contributed by atoms with Crippen LogP contribution in [0.3, 0.4) is 0 Å². The van der Waals surface area contributed by atoms with E-state index in [0.717, 1.165) is 5.57 Å². The van der Waals surface area contributed by atoms with E-state index in [2.05, 4.69) is 18.5 Å². The van der Waals surface area contributed by atoms with Crippen LogP contribution in [0.5, 0.6) is 0 Å². The van der Waals surface area contributed by atoms with E-state index in [1.807, 2.05) is 0 Å². The molecule has 1 atom stereocenters. The third-order valence-electron chi connectivity index (χ3n) is 1.98. The van der Waals surface area contributed by atoms with Crippen LogP contribution in [0.2, 0.25) is 0 Å². The minimum absolute atomic E-state index is 0.115. The van der Waals surface area contributed by atoms with Crippen LogP contribution in [0.1, 0.15) is 13.3 Å². The van der Waals surface area contributed by atoms with E-state index >= 15 is 0 Å². The van der Waals surface area contributed by atoms with E-state index in [9.17, 15) is 9.59 Å². The van der Waals surface area contributed by atoms with Crippen molar-refractivity contribution in [3.63, 3.8) is 0 Å². The van der Waals surface area contributed by atoms with Gasteiger partial charge in [0.15, 0.2) is 5.78 Å². The molecule has 0 bridgehead atoms. The standard InChI is InChI=1S/C12H16ClNO2/c1-4-6-10(5-2)7-11(9(3)15)14-12(16)8-13/h4-6,11H,1-2,7-8H2,3H3,(H,14,16)/b10-6+/t11-/m0/s1. The number of alkyl halides is 1. The molecule has 1 amide bonds. The van der Waals surface area contributed by atoms with Crippen molar-refractivity contribution in [2.75, 3.05) is 5.88 Å². The molecular formula is C12H16ClNO2. The van der Waals surface area contributed by atoms with Gasteiger partial charge in [0, 0.05) is 0 Å². The highest BCUT2D eigenvalue weighted by atomic mass is 35.5. The summed E-state index contributed by atoms with van der Waals surface area (Å²) in [6.45, 7) is 8.61. The van der Waals surface area contributed by atoms with Gasteiger partial charge in [-0.25, -0.2) is 0 Å². The third kappa shape index (κ3) is 5.51. The van der Waals surface area contributed by atoms with Crippen LogP contribution in [0.15, 0.2) is 37.0 Å². The van der Waals surface area contributed by atoms with Gasteiger partial charge in [0.25, 0.3) is 0 Å². The van der Waals surface area contributed by atoms with Crippen LogP contribution in [-0.4, -0.2) is 23.6 Å². The Balaban J connectivity index is 4.61. The molecule has 16 heavy (non-hydrogen) atoms. The van der Waals surface area contributed by atoms with Gasteiger partial charge in [-0.3, -0.25) is 9.59 Å². The minimum atomic E-state index is -0.560. The first kappa shape index (κ1) is 14.6. The third-order valence-corrected chi connectivity index (χ3v) is 2.22. The molecule has 0 rings (SSSR count). The SMILES string of the molecule is C=C/C=C(\C=C)C[C@H](NC(=O)CCl)C(C)=O. The van der Waals surface area contributed by atoms with Gasteiger partial charge in [-0.15, -0.1) is 11.6 Å². The van der Waals surface area contributed by atoms with E-state index in [1.54, 1.807) is 18.2 Å². The molecule has 0 aromatic heterocycles. The van der Waals surface area contributed by atoms with Crippen LogP contribution >= 0.6 is 11.6 Å². The first-order valence-corrected chi connectivity index (χ1v) is 5.38. The molecule has 0 fully saturated rings. The molecule has 0 unspecified atom stereocenters. The van der Waals surface area contributed by atoms with Gasteiger partial charge >= 0.3 is 0 Å². The summed E-state index contributed by atoms with van der Waals surface area (Å²) in [6, 6.07) is -0.560. The van der Waals surface area contributed by atoms with Crippen LogP contribution in [-0.2, 0) is 9.59 Å². The van der Waals surface area contributed by atoms with Crippen molar-refractivity contribution in [1.82, 2.24) is 5.32 Å². The van der Waals surface area contributed by atoms with Gasteiger partial charge in [0.05, 0.1) is 6.04 Å². The Morgan fingerprint density at radius 1 is 1.44 bits per heavy atom. The molecule has 0 spiro atoms. The van der Waals surface area contributed by atoms with E-state index in [1.165, 1.54) is 6.92 Å². The highest BCUT2D eigenvalue weighted by Gasteiger charge is 2.16. The molecule has 0 aliphatic rings. The molecule has 0 aliphatic carbocycles. The molecule has 3 nitrogen and oxygen atoms in total. The van der Waals surface area contributed by atoms with E-state index in [-0.39, 0.29) is 17.6 Å². The maximum atomic E-state index is 11.3. The smallest absolute Gasteiger partial charge is 0.235 e. The molecule has 0 aromatic rings. The number of carbonyl (C=O) groups is 2. The molecule has 88 valence electrons. The fourth-order valence-corrected chi connectivity index (χ4v) is 1.21. The molecule has 0 aliphatic heterocycles. The summed E-state index contributed by atoms with van der Waals surface area (Å²) in [7, 11) is 0. The van der Waals surface area contributed by atoms with Gasteiger partial charge in [0.1, 0.15) is 5.88 Å². The summed E-state index contributed by atoms with van der Waals surface area (Å²) >= 11 is 5.36. The predicted octanol–water partition coefficient (Wildman–Crippen LogP) is 1.99. The number of allylic oxidation sites excluding steroid dienone is 3. The topological polar surface area (TPSA) is 46.2 Å². The summed E-state index contributed by atoms with van der Waals surface area (Å²) in [5.74, 6) is -0.627. The summed E-state index contributed by atoms with van der Waals surface area (Å²) in [6.07, 6.45) is 5.38. The molecule has 0 aromatic carbocycles. The first-order valence-electron chi connectivity index (χ1n) is 4.85. The second-order valence-electron chi connectivity index (χ2n) is 3.25. The molecule has 0 radical (unpaired) electrons. The molecular weight excluding hydrogens is 226 g/mol. The molecule has 0 heterocycles. The van der Waals surface area contributed by atoms with Crippen molar-refractivity contribution in [3.05, 3.63) is 37.0 Å². The Morgan fingerprint density at radius 3 is 2.44 bits per heavy atom. The van der Waals surface area contributed by atoms with Gasteiger partial charge in [-0.05, 0) is 18.9 Å². The normalized spacial score (nSPS) is 12.8. The summed E-state index contributed by atoms with van der Waals surface area (Å²) in [5, 5.41) is 2.55. The predicted molar refractivity (Wildman–Crippen MR) is 66.4 cm³/mol. The highest BCUT2D eigenvalue weighted by Crippen LogP contribution is 2.08. The zero-order valence-corrected chi connectivity index (χ0v) is 10.1. The van der Waals surface area contributed by atoms with Gasteiger partial charge in [-0.2, -0.15) is 0 Å². The van der Waals surface area contributed by atoms with Gasteiger partial charge < -0.3 is 5.32 Å². The second-order valence-corrected chi connectivity index (χ2v) is 3.52. The molecule has 0 saturated carbocycles. The fraction of sp³-hybridized carbons (Fsp3) is 0.333. The Kier molecular flexibility index (Phi) is 7.21. The number of nitrogens with one attached hydrogen (secondary N) is 1. The quantitative estimate of drug-likeness (QED) is 0.547. The lowest BCUT2D eigenvalue weighted by molar-refractivity contribution is -0.125. The second kappa shape index (κ2) is 7.88. The lowest BCUT2D eigenvalue weighted by atomic mass is 10.0. The van der Waals surface area contributed by atoms with Gasteiger partial charge in [0.2, 0.25) is 5.91 Å². The largest absolute Gasteiger partial charge is 0.345 e. The molecule has 1 N–H and O–H groups in total. The van der Waals surface area contributed by atoms with E-state index < -0.39 is 6.04 Å². The van der Waals surface area contributed by atoms with Crippen molar-refractivity contribution in [2.45, 2.75) is 19.4 Å². The number of Topliss-reactive ketones (excluding diaryl/α,β-unsaturated/α-hetero) is 1. The number of halogens is 1. The average molecular weight is 242 g/mol. The lowest BCUT2D eigenvalue weighted by Crippen LogP contribution is -2.40. The fourth-order valence-electron chi connectivity index (χ4n) is 1.14. The van der Waals surface area contributed by atoms with Crippen molar-refractivity contribution >= 4 is 23.3 Å². The number of rotatable bonds is 7. The number of carbonyl (C=O) groups excluding carboxylic acids is 2. The Labute approximate surface area is 101 Å². The van der Waals surface area contributed by atoms with Crippen molar-refractivity contribution < 1.29 is 9.59 Å². The molecule has 0 saturated heterocycles. The van der Waals surface area contributed by atoms with Crippen molar-refractivity contribution in [1.29, 1.82) is 0 Å². The monoisotopic (exact) mass is 241 g/mol. The van der Waals surface area contributed by atoms with Crippen molar-refractivity contribution in [2.24, 2.45) is 0 Å². The van der Waals surface area contributed by atoms with Crippen LogP contribution < -0.4 is 5.32 Å². The summed E-state index contributed by atoms with van der Waals surface area (Å²) < 4.78 is 0. The summed E-state index contributed by atoms with van der Waals surface area (Å²) in [4.78, 5) is 22.4. The van der Waals surface area contributed by atoms with Crippen LogP contribution in [0, 0.1) is 0 Å². The average Bonchev–Trinajstić information content (AvgIpc) is 2.26. The van der Waals surface area contributed by atoms with E-state index in [0.29, 0.717) is 6.42 Å². The number of ketones is 1. The first-order chi connectivity index (χ1) is 7.54. The lowest BCUT2D eigenvalue weighted by Gasteiger charge is -2.15. The number of hydrogen-bond acceptors (Lipinski definition) is 2. The zero-order valence-electron chi connectivity index (χ0n) is 9.33. The Bertz CT molecular complexity index is 321. The van der Waals surface area contributed by atoms with Crippen molar-refractivity contribution in [3.8, 4) is 0 Å². The number of amides is 1. The maximum absolute atomic E-state index is 11.3. The summed E-state index contributed by atoms with van der Waals surface area (Å²) in [5.41, 5.74) is 0.838. The van der Waals surface area contributed by atoms with Gasteiger partial charge in [-0.1, -0.05) is 31.4 Å². The number of hydrogen-bond donors (Lipinski definition) is 1. The molecule has 4 heteroatoms. The van der Waals surface area contributed by atoms with Crippen LogP contribution in [0.25, 0.3) is 0 Å².